The van der Waals surface area contributed by atoms with Crippen LogP contribution in [0.1, 0.15) is 28.5 Å². The molecule has 1 atom stereocenters. The number of aromatic nitrogens is 1. The van der Waals surface area contributed by atoms with E-state index in [9.17, 15) is 4.79 Å². The molecule has 1 amide bonds. The molecule has 1 saturated heterocycles. The molecular weight excluding hydrogens is 272 g/mol. The third-order valence-corrected chi connectivity index (χ3v) is 3.99. The Morgan fingerprint density at radius 1 is 1.24 bits per heavy atom. The van der Waals surface area contributed by atoms with Gasteiger partial charge in [-0.15, -0.1) is 0 Å². The average Bonchev–Trinajstić information content (AvgIpc) is 3.25. The lowest BCUT2D eigenvalue weighted by Gasteiger charge is -2.15. The van der Waals surface area contributed by atoms with Crippen molar-refractivity contribution in [2.75, 3.05) is 19.9 Å². The van der Waals surface area contributed by atoms with Gasteiger partial charge in [-0.3, -0.25) is 4.79 Å². The fourth-order valence-corrected chi connectivity index (χ4v) is 2.87. The van der Waals surface area contributed by atoms with E-state index in [0.717, 1.165) is 24.5 Å². The van der Waals surface area contributed by atoms with E-state index < -0.39 is 0 Å². The van der Waals surface area contributed by atoms with Crippen molar-refractivity contribution in [2.24, 2.45) is 0 Å². The minimum Gasteiger partial charge on any atom is -0.454 e. The molecule has 4 rings (SSSR count). The smallest absolute Gasteiger partial charge is 0.292 e. The fourth-order valence-electron chi connectivity index (χ4n) is 2.87. The van der Waals surface area contributed by atoms with E-state index >= 15 is 0 Å². The third-order valence-electron chi connectivity index (χ3n) is 3.99. The zero-order chi connectivity index (χ0) is 14.2. The molecule has 1 unspecified atom stereocenters. The molecular formula is C15H14N2O4. The SMILES string of the molecule is O=C(c1ccno1)N1CCC(c2ccc3c(c2)OCO3)C1. The van der Waals surface area contributed by atoms with E-state index in [4.69, 9.17) is 14.0 Å². The molecule has 6 heteroatoms. The Kier molecular flexibility index (Phi) is 2.80. The molecule has 108 valence electrons. The van der Waals surface area contributed by atoms with Gasteiger partial charge in [-0.2, -0.15) is 0 Å². The normalized spacial score (nSPS) is 20.0. The van der Waals surface area contributed by atoms with Crippen molar-refractivity contribution >= 4 is 5.91 Å². The first-order valence-electron chi connectivity index (χ1n) is 6.91. The van der Waals surface area contributed by atoms with Gasteiger partial charge in [0.1, 0.15) is 0 Å². The first-order chi connectivity index (χ1) is 10.3. The Bertz CT molecular complexity index is 668. The number of carbonyl (C=O) groups is 1. The molecule has 6 nitrogen and oxygen atoms in total. The second-order valence-electron chi connectivity index (χ2n) is 5.23. The molecule has 0 aliphatic carbocycles. The standard InChI is InChI=1S/C15H14N2O4/c18-15(13-3-5-16-21-13)17-6-4-11(8-17)10-1-2-12-14(7-10)20-9-19-12/h1-3,5,7,11H,4,6,8-9H2. The van der Waals surface area contributed by atoms with Crippen LogP contribution in [-0.4, -0.2) is 35.8 Å². The van der Waals surface area contributed by atoms with E-state index in [1.807, 2.05) is 18.2 Å². The average molecular weight is 286 g/mol. The van der Waals surface area contributed by atoms with E-state index in [-0.39, 0.29) is 12.7 Å². The summed E-state index contributed by atoms with van der Waals surface area (Å²) in [5.41, 5.74) is 1.17. The summed E-state index contributed by atoms with van der Waals surface area (Å²) >= 11 is 0. The first kappa shape index (κ1) is 12.3. The topological polar surface area (TPSA) is 64.8 Å². The van der Waals surface area contributed by atoms with Crippen molar-refractivity contribution in [2.45, 2.75) is 12.3 Å². The summed E-state index contributed by atoms with van der Waals surface area (Å²) < 4.78 is 15.7. The van der Waals surface area contributed by atoms with Crippen LogP contribution in [0.15, 0.2) is 35.0 Å². The van der Waals surface area contributed by atoms with Gasteiger partial charge < -0.3 is 18.9 Å². The molecule has 3 heterocycles. The molecule has 2 aliphatic heterocycles. The highest BCUT2D eigenvalue weighted by Crippen LogP contribution is 2.37. The lowest BCUT2D eigenvalue weighted by Crippen LogP contribution is -2.28. The number of ether oxygens (including phenoxy) is 2. The van der Waals surface area contributed by atoms with E-state index in [2.05, 4.69) is 5.16 Å². The summed E-state index contributed by atoms with van der Waals surface area (Å²) in [7, 11) is 0. The van der Waals surface area contributed by atoms with Gasteiger partial charge >= 0.3 is 0 Å². The Morgan fingerprint density at radius 2 is 2.14 bits per heavy atom. The van der Waals surface area contributed by atoms with Crippen molar-refractivity contribution in [1.29, 1.82) is 0 Å². The summed E-state index contributed by atoms with van der Waals surface area (Å²) in [6.07, 6.45) is 2.41. The number of hydrogen-bond acceptors (Lipinski definition) is 5. The van der Waals surface area contributed by atoms with Crippen molar-refractivity contribution < 1.29 is 18.8 Å². The number of likely N-dealkylation sites (tertiary alicyclic amines) is 1. The van der Waals surface area contributed by atoms with Crippen molar-refractivity contribution in [1.82, 2.24) is 10.1 Å². The summed E-state index contributed by atoms with van der Waals surface area (Å²) in [6.45, 7) is 1.68. The molecule has 1 aromatic heterocycles. The van der Waals surface area contributed by atoms with Crippen molar-refractivity contribution in [3.05, 3.63) is 41.8 Å². The lowest BCUT2D eigenvalue weighted by atomic mass is 9.98. The molecule has 0 saturated carbocycles. The zero-order valence-corrected chi connectivity index (χ0v) is 11.3. The minimum absolute atomic E-state index is 0.101. The Morgan fingerprint density at radius 3 is 3.00 bits per heavy atom. The summed E-state index contributed by atoms with van der Waals surface area (Å²) in [6, 6.07) is 7.57. The lowest BCUT2D eigenvalue weighted by molar-refractivity contribution is 0.0749. The van der Waals surface area contributed by atoms with Crippen LogP contribution in [0.4, 0.5) is 0 Å². The molecule has 1 fully saturated rings. The van der Waals surface area contributed by atoms with E-state index in [1.54, 1.807) is 11.0 Å². The maximum absolute atomic E-state index is 12.2. The number of fused-ring (bicyclic) bond motifs is 1. The molecule has 0 radical (unpaired) electrons. The van der Waals surface area contributed by atoms with Crippen LogP contribution in [0.5, 0.6) is 11.5 Å². The van der Waals surface area contributed by atoms with Crippen LogP contribution in [0.2, 0.25) is 0 Å². The second-order valence-corrected chi connectivity index (χ2v) is 5.23. The van der Waals surface area contributed by atoms with Gasteiger partial charge in [-0.25, -0.2) is 0 Å². The first-order valence-corrected chi connectivity index (χ1v) is 6.91. The van der Waals surface area contributed by atoms with Gasteiger partial charge in [0.2, 0.25) is 12.6 Å². The Hall–Kier alpha value is -2.50. The zero-order valence-electron chi connectivity index (χ0n) is 11.3. The van der Waals surface area contributed by atoms with Crippen molar-refractivity contribution in [3.8, 4) is 11.5 Å². The van der Waals surface area contributed by atoms with Gasteiger partial charge in [0.15, 0.2) is 11.5 Å². The van der Waals surface area contributed by atoms with Crippen LogP contribution in [-0.2, 0) is 0 Å². The number of amides is 1. The van der Waals surface area contributed by atoms with Crippen LogP contribution < -0.4 is 9.47 Å². The number of nitrogens with zero attached hydrogens (tertiary/aromatic N) is 2. The van der Waals surface area contributed by atoms with Crippen LogP contribution >= 0.6 is 0 Å². The predicted molar refractivity (Wildman–Crippen MR) is 72.3 cm³/mol. The molecule has 0 spiro atoms. The number of benzene rings is 1. The third kappa shape index (κ3) is 2.12. The maximum atomic E-state index is 12.2. The highest BCUT2D eigenvalue weighted by molar-refractivity contribution is 5.91. The number of rotatable bonds is 2. The van der Waals surface area contributed by atoms with Gasteiger partial charge in [0.25, 0.3) is 5.91 Å². The monoisotopic (exact) mass is 286 g/mol. The maximum Gasteiger partial charge on any atom is 0.292 e. The van der Waals surface area contributed by atoms with Crippen molar-refractivity contribution in [3.63, 3.8) is 0 Å². The number of carbonyl (C=O) groups excluding carboxylic acids is 1. The summed E-state index contributed by atoms with van der Waals surface area (Å²) in [5, 5.41) is 3.58. The van der Waals surface area contributed by atoms with Gasteiger partial charge in [-0.05, 0) is 24.1 Å². The van der Waals surface area contributed by atoms with E-state index in [1.165, 1.54) is 11.8 Å². The molecule has 0 N–H and O–H groups in total. The molecule has 2 aliphatic rings. The van der Waals surface area contributed by atoms with Gasteiger partial charge in [-0.1, -0.05) is 11.2 Å². The minimum atomic E-state index is -0.101. The van der Waals surface area contributed by atoms with Gasteiger partial charge in [0.05, 0.1) is 6.20 Å². The van der Waals surface area contributed by atoms with Crippen LogP contribution in [0, 0.1) is 0 Å². The summed E-state index contributed by atoms with van der Waals surface area (Å²) in [5.74, 6) is 2.07. The second kappa shape index (κ2) is 4.80. The fraction of sp³-hybridized carbons (Fsp3) is 0.333. The quantitative estimate of drug-likeness (QED) is 0.845. The van der Waals surface area contributed by atoms with E-state index in [0.29, 0.717) is 18.2 Å². The Balaban J connectivity index is 1.50. The molecule has 2 aromatic rings. The molecule has 0 bridgehead atoms. The van der Waals surface area contributed by atoms with Crippen LogP contribution in [0.25, 0.3) is 0 Å². The van der Waals surface area contributed by atoms with Gasteiger partial charge in [0, 0.05) is 25.1 Å². The highest BCUT2D eigenvalue weighted by atomic mass is 16.7. The summed E-state index contributed by atoms with van der Waals surface area (Å²) in [4.78, 5) is 14.0. The largest absolute Gasteiger partial charge is 0.454 e. The van der Waals surface area contributed by atoms with Crippen LogP contribution in [0.3, 0.4) is 0 Å². The molecule has 21 heavy (non-hydrogen) atoms. The highest BCUT2D eigenvalue weighted by Gasteiger charge is 2.30. The number of hydrogen-bond donors (Lipinski definition) is 0. The molecule has 1 aromatic carbocycles. The Labute approximate surface area is 121 Å². The predicted octanol–water partition coefficient (Wildman–Crippen LogP) is 2.03.